The van der Waals surface area contributed by atoms with Crippen LogP contribution in [-0.4, -0.2) is 48.0 Å². The van der Waals surface area contributed by atoms with E-state index in [0.29, 0.717) is 12.8 Å². The highest BCUT2D eigenvalue weighted by atomic mass is 79.9. The number of hydrogen-bond acceptors (Lipinski definition) is 5. The van der Waals surface area contributed by atoms with Crippen LogP contribution in [0.2, 0.25) is 0 Å². The van der Waals surface area contributed by atoms with E-state index >= 15 is 0 Å². The number of nitrogens with two attached hydrogens (primary N) is 1. The quantitative estimate of drug-likeness (QED) is 0.318. The second kappa shape index (κ2) is 12.7. The van der Waals surface area contributed by atoms with Gasteiger partial charge in [0.1, 0.15) is 12.1 Å². The van der Waals surface area contributed by atoms with Gasteiger partial charge in [0.25, 0.3) is 0 Å². The van der Waals surface area contributed by atoms with Crippen LogP contribution in [0.25, 0.3) is 10.9 Å². The SMILES string of the molecule is CCCC[C@@H](NC(=O)[C@@H](Cc1c(Br)[nH]c2ccccc12)NC(=O)[C@@H](N)CC(C)C)C(=O)OC. The van der Waals surface area contributed by atoms with Gasteiger partial charge in [-0.15, -0.1) is 0 Å². The Morgan fingerprint density at radius 2 is 1.79 bits per heavy atom. The molecule has 2 rings (SSSR count). The van der Waals surface area contributed by atoms with Gasteiger partial charge in [-0.3, -0.25) is 9.59 Å². The Morgan fingerprint density at radius 3 is 2.42 bits per heavy atom. The zero-order chi connectivity index (χ0) is 24.5. The molecule has 1 aromatic heterocycles. The Hall–Kier alpha value is -2.39. The van der Waals surface area contributed by atoms with Gasteiger partial charge in [-0.05, 0) is 46.3 Å². The number of nitrogens with one attached hydrogen (secondary N) is 3. The second-order valence-corrected chi connectivity index (χ2v) is 9.48. The van der Waals surface area contributed by atoms with E-state index in [-0.39, 0.29) is 12.3 Å². The molecule has 182 valence electrons. The molecule has 0 radical (unpaired) electrons. The van der Waals surface area contributed by atoms with Gasteiger partial charge in [0.05, 0.1) is 17.8 Å². The third-order valence-electron chi connectivity index (χ3n) is 5.51. The molecule has 2 aromatic rings. The smallest absolute Gasteiger partial charge is 0.328 e. The van der Waals surface area contributed by atoms with Crippen molar-refractivity contribution in [2.45, 2.75) is 71.0 Å². The normalized spacial score (nSPS) is 14.0. The highest BCUT2D eigenvalue weighted by molar-refractivity contribution is 9.10. The van der Waals surface area contributed by atoms with Crippen molar-refractivity contribution < 1.29 is 19.1 Å². The molecule has 0 fully saturated rings. The fourth-order valence-electron chi connectivity index (χ4n) is 3.75. The number of aromatic nitrogens is 1. The Bertz CT molecular complexity index is 959. The zero-order valence-electron chi connectivity index (χ0n) is 19.7. The number of esters is 1. The zero-order valence-corrected chi connectivity index (χ0v) is 21.3. The summed E-state index contributed by atoms with van der Waals surface area (Å²) in [6.45, 7) is 5.97. The van der Waals surface area contributed by atoms with Crippen LogP contribution in [-0.2, 0) is 25.5 Å². The first kappa shape index (κ1) is 26.9. The minimum atomic E-state index is -0.917. The van der Waals surface area contributed by atoms with Crippen LogP contribution in [0.3, 0.4) is 0 Å². The van der Waals surface area contributed by atoms with E-state index in [9.17, 15) is 14.4 Å². The summed E-state index contributed by atoms with van der Waals surface area (Å²) in [5.41, 5.74) is 7.83. The first-order valence-corrected chi connectivity index (χ1v) is 12.2. The van der Waals surface area contributed by atoms with Crippen molar-refractivity contribution in [1.82, 2.24) is 15.6 Å². The number of para-hydroxylation sites is 1. The number of halogens is 1. The maximum absolute atomic E-state index is 13.3. The summed E-state index contributed by atoms with van der Waals surface area (Å²) in [6, 6.07) is 5.29. The minimum absolute atomic E-state index is 0.220. The van der Waals surface area contributed by atoms with Crippen LogP contribution in [0.5, 0.6) is 0 Å². The fourth-order valence-corrected chi connectivity index (χ4v) is 4.33. The molecule has 0 aliphatic carbocycles. The van der Waals surface area contributed by atoms with E-state index in [4.69, 9.17) is 10.5 Å². The van der Waals surface area contributed by atoms with Gasteiger partial charge in [0.15, 0.2) is 0 Å². The number of unbranched alkanes of at least 4 members (excludes halogenated alkanes) is 1. The van der Waals surface area contributed by atoms with E-state index in [1.54, 1.807) is 0 Å². The molecule has 5 N–H and O–H groups in total. The first-order chi connectivity index (χ1) is 15.7. The van der Waals surface area contributed by atoms with Gasteiger partial charge in [-0.25, -0.2) is 4.79 Å². The fraction of sp³-hybridized carbons (Fsp3) is 0.542. The molecule has 9 heteroatoms. The van der Waals surface area contributed by atoms with E-state index in [1.165, 1.54) is 7.11 Å². The van der Waals surface area contributed by atoms with Crippen molar-refractivity contribution in [3.05, 3.63) is 34.4 Å². The van der Waals surface area contributed by atoms with Gasteiger partial charge in [-0.2, -0.15) is 0 Å². The Morgan fingerprint density at radius 1 is 1.12 bits per heavy atom. The molecule has 0 unspecified atom stereocenters. The molecule has 0 aliphatic heterocycles. The average molecular weight is 523 g/mol. The van der Waals surface area contributed by atoms with Gasteiger partial charge >= 0.3 is 5.97 Å². The number of amides is 2. The predicted octanol–water partition coefficient (Wildman–Crippen LogP) is 3.18. The summed E-state index contributed by atoms with van der Waals surface area (Å²) in [5.74, 6) is -1.13. The number of fused-ring (bicyclic) bond motifs is 1. The van der Waals surface area contributed by atoms with E-state index in [0.717, 1.165) is 33.9 Å². The van der Waals surface area contributed by atoms with Crippen LogP contribution in [0.1, 0.15) is 52.0 Å². The Labute approximate surface area is 203 Å². The number of benzene rings is 1. The largest absolute Gasteiger partial charge is 0.467 e. The topological polar surface area (TPSA) is 126 Å². The highest BCUT2D eigenvalue weighted by Crippen LogP contribution is 2.27. The highest BCUT2D eigenvalue weighted by Gasteiger charge is 2.30. The van der Waals surface area contributed by atoms with Crippen LogP contribution in [0.15, 0.2) is 28.9 Å². The van der Waals surface area contributed by atoms with E-state index < -0.39 is 35.9 Å². The molecule has 0 spiro atoms. The minimum Gasteiger partial charge on any atom is -0.467 e. The van der Waals surface area contributed by atoms with Crippen molar-refractivity contribution in [2.24, 2.45) is 11.7 Å². The van der Waals surface area contributed by atoms with Crippen LogP contribution < -0.4 is 16.4 Å². The third-order valence-corrected chi connectivity index (χ3v) is 6.19. The van der Waals surface area contributed by atoms with Crippen molar-refractivity contribution in [1.29, 1.82) is 0 Å². The maximum Gasteiger partial charge on any atom is 0.328 e. The molecule has 0 saturated heterocycles. The van der Waals surface area contributed by atoms with Crippen molar-refractivity contribution in [2.75, 3.05) is 7.11 Å². The average Bonchev–Trinajstić information content (AvgIpc) is 3.09. The van der Waals surface area contributed by atoms with Gasteiger partial charge < -0.3 is 26.1 Å². The second-order valence-electron chi connectivity index (χ2n) is 8.69. The van der Waals surface area contributed by atoms with Crippen molar-refractivity contribution >= 4 is 44.6 Å². The lowest BCUT2D eigenvalue weighted by Gasteiger charge is -2.24. The monoisotopic (exact) mass is 522 g/mol. The van der Waals surface area contributed by atoms with Gasteiger partial charge in [0.2, 0.25) is 11.8 Å². The lowest BCUT2D eigenvalue weighted by atomic mass is 10.0. The molecule has 0 saturated carbocycles. The third kappa shape index (κ3) is 7.57. The van der Waals surface area contributed by atoms with Gasteiger partial charge in [0, 0.05) is 17.3 Å². The molecule has 2 amide bonds. The molecule has 3 atom stereocenters. The Kier molecular flexibility index (Phi) is 10.4. The number of aromatic amines is 1. The first-order valence-electron chi connectivity index (χ1n) is 11.4. The summed E-state index contributed by atoms with van der Waals surface area (Å²) >= 11 is 3.54. The van der Waals surface area contributed by atoms with E-state index in [1.807, 2.05) is 45.0 Å². The standard InChI is InChI=1S/C24H35BrN4O4/c1-5-6-10-19(24(32)33-4)28-23(31)20(29-22(30)17(26)12-14(2)3)13-16-15-9-7-8-11-18(15)27-21(16)25/h7-9,11,14,17,19-20,27H,5-6,10,12-13,26H2,1-4H3,(H,28,31)(H,29,30)/t17-,19+,20+/m0/s1. The van der Waals surface area contributed by atoms with Crippen LogP contribution in [0, 0.1) is 5.92 Å². The van der Waals surface area contributed by atoms with Gasteiger partial charge in [-0.1, -0.05) is 51.8 Å². The summed E-state index contributed by atoms with van der Waals surface area (Å²) in [7, 11) is 1.29. The summed E-state index contributed by atoms with van der Waals surface area (Å²) in [4.78, 5) is 41.5. The van der Waals surface area contributed by atoms with Crippen molar-refractivity contribution in [3.8, 4) is 0 Å². The molecular formula is C24H35BrN4O4. The predicted molar refractivity (Wildman–Crippen MR) is 133 cm³/mol. The lowest BCUT2D eigenvalue weighted by molar-refractivity contribution is -0.145. The molecule has 0 bridgehead atoms. The number of H-pyrrole nitrogens is 1. The summed E-state index contributed by atoms with van der Waals surface area (Å²) in [5, 5.41) is 6.52. The number of carbonyl (C=O) groups is 3. The molecule has 8 nitrogen and oxygen atoms in total. The molecule has 1 aromatic carbocycles. The number of rotatable bonds is 12. The van der Waals surface area contributed by atoms with E-state index in [2.05, 4.69) is 31.5 Å². The molecule has 1 heterocycles. The maximum atomic E-state index is 13.3. The van der Waals surface area contributed by atoms with Crippen molar-refractivity contribution in [3.63, 3.8) is 0 Å². The number of methoxy groups -OCH3 is 1. The number of ether oxygens (including phenoxy) is 1. The Balaban J connectivity index is 2.30. The van der Waals surface area contributed by atoms with Crippen LogP contribution >= 0.6 is 15.9 Å². The molecular weight excluding hydrogens is 488 g/mol. The lowest BCUT2D eigenvalue weighted by Crippen LogP contribution is -2.55. The summed E-state index contributed by atoms with van der Waals surface area (Å²) < 4.78 is 5.60. The number of carbonyl (C=O) groups excluding carboxylic acids is 3. The van der Waals surface area contributed by atoms with Crippen LogP contribution in [0.4, 0.5) is 0 Å². The molecule has 33 heavy (non-hydrogen) atoms. The molecule has 0 aliphatic rings. The summed E-state index contributed by atoms with van der Waals surface area (Å²) in [6.07, 6.45) is 2.80. The number of hydrogen-bond donors (Lipinski definition) is 4.